The second kappa shape index (κ2) is 8.65. The van der Waals surface area contributed by atoms with Crippen LogP contribution in [0.25, 0.3) is 0 Å². The van der Waals surface area contributed by atoms with Gasteiger partial charge in [-0.1, -0.05) is 36.4 Å². The zero-order chi connectivity index (χ0) is 17.5. The van der Waals surface area contributed by atoms with E-state index in [0.29, 0.717) is 19.8 Å². The molecule has 2 aromatic rings. The molecule has 2 aromatic carbocycles. The average molecular weight is 341 g/mol. The maximum Gasteiger partial charge on any atom is 0.246 e. The minimum Gasteiger partial charge on any atom is -0.496 e. The molecule has 1 fully saturated rings. The highest BCUT2D eigenvalue weighted by molar-refractivity contribution is 5.77. The number of rotatable bonds is 7. The summed E-state index contributed by atoms with van der Waals surface area (Å²) in [6.45, 7) is 1.80. The molecule has 1 heterocycles. The van der Waals surface area contributed by atoms with Crippen LogP contribution < -0.4 is 10.1 Å². The molecule has 0 saturated carbocycles. The molecule has 5 heteroatoms. The average Bonchev–Trinajstić information content (AvgIpc) is 2.66. The van der Waals surface area contributed by atoms with Crippen molar-refractivity contribution in [3.63, 3.8) is 0 Å². The van der Waals surface area contributed by atoms with E-state index in [4.69, 9.17) is 14.2 Å². The number of carbonyl (C=O) groups is 1. The van der Waals surface area contributed by atoms with Crippen molar-refractivity contribution in [3.05, 3.63) is 65.2 Å². The van der Waals surface area contributed by atoms with Gasteiger partial charge in [0.15, 0.2) is 0 Å². The van der Waals surface area contributed by atoms with Crippen molar-refractivity contribution in [3.8, 4) is 5.75 Å². The first-order chi connectivity index (χ1) is 12.3. The lowest BCUT2D eigenvalue weighted by Crippen LogP contribution is -2.38. The van der Waals surface area contributed by atoms with Crippen LogP contribution in [-0.2, 0) is 27.3 Å². The molecular formula is C20H23NO4. The molecule has 0 spiro atoms. The second-order valence-electron chi connectivity index (χ2n) is 5.96. The van der Waals surface area contributed by atoms with Crippen LogP contribution in [0.5, 0.6) is 5.75 Å². The van der Waals surface area contributed by atoms with Crippen molar-refractivity contribution >= 4 is 5.91 Å². The van der Waals surface area contributed by atoms with Crippen LogP contribution in [0, 0.1) is 0 Å². The van der Waals surface area contributed by atoms with Gasteiger partial charge >= 0.3 is 0 Å². The number of nitrogens with one attached hydrogen (secondary N) is 1. The monoisotopic (exact) mass is 341 g/mol. The van der Waals surface area contributed by atoms with Crippen LogP contribution in [0.2, 0.25) is 0 Å². The minimum absolute atomic E-state index is 0.0701. The number of methoxy groups -OCH3 is 1. The van der Waals surface area contributed by atoms with Crippen molar-refractivity contribution in [1.82, 2.24) is 5.32 Å². The van der Waals surface area contributed by atoms with Crippen molar-refractivity contribution in [2.75, 3.05) is 26.9 Å². The maximum atomic E-state index is 11.2. The summed E-state index contributed by atoms with van der Waals surface area (Å²) in [6, 6.07) is 16.1. The van der Waals surface area contributed by atoms with E-state index in [1.807, 2.05) is 30.3 Å². The Bertz CT molecular complexity index is 692. The first kappa shape index (κ1) is 17.5. The van der Waals surface area contributed by atoms with Crippen LogP contribution in [0.15, 0.2) is 48.5 Å². The molecule has 1 aliphatic heterocycles. The third-order valence-corrected chi connectivity index (χ3v) is 4.20. The lowest BCUT2D eigenvalue weighted by atomic mass is 10.0. The molecule has 1 atom stereocenters. The molecule has 25 heavy (non-hydrogen) atoms. The Morgan fingerprint density at radius 3 is 2.76 bits per heavy atom. The Morgan fingerprint density at radius 1 is 1.20 bits per heavy atom. The topological polar surface area (TPSA) is 56.8 Å². The van der Waals surface area contributed by atoms with E-state index in [1.165, 1.54) is 0 Å². The van der Waals surface area contributed by atoms with Gasteiger partial charge in [-0.3, -0.25) is 4.79 Å². The Morgan fingerprint density at radius 2 is 2.04 bits per heavy atom. The summed E-state index contributed by atoms with van der Waals surface area (Å²) >= 11 is 0. The van der Waals surface area contributed by atoms with Gasteiger partial charge in [-0.15, -0.1) is 0 Å². The smallest absolute Gasteiger partial charge is 0.246 e. The summed E-state index contributed by atoms with van der Waals surface area (Å²) in [6.07, 6.45) is 0.635. The molecule has 1 unspecified atom stereocenters. The third-order valence-electron chi connectivity index (χ3n) is 4.20. The summed E-state index contributed by atoms with van der Waals surface area (Å²) in [4.78, 5) is 11.2. The number of benzene rings is 2. The maximum absolute atomic E-state index is 11.2. The van der Waals surface area contributed by atoms with Crippen molar-refractivity contribution in [2.45, 2.75) is 19.1 Å². The molecule has 1 saturated heterocycles. The van der Waals surface area contributed by atoms with Gasteiger partial charge in [0.1, 0.15) is 18.5 Å². The standard InChI is InChI=1S/C20H23NO4/c1-23-18-8-7-16(19-12-21-20(22)14-25-19)11-17(18)9-10-24-13-15-5-3-2-4-6-15/h2-8,11,19H,9-10,12-14H2,1H3,(H,21,22). The predicted molar refractivity (Wildman–Crippen MR) is 94.5 cm³/mol. The summed E-state index contributed by atoms with van der Waals surface area (Å²) in [5.74, 6) is 0.770. The molecule has 1 aliphatic rings. The van der Waals surface area contributed by atoms with E-state index < -0.39 is 0 Å². The van der Waals surface area contributed by atoms with E-state index in [-0.39, 0.29) is 18.6 Å². The molecule has 0 bridgehead atoms. The van der Waals surface area contributed by atoms with E-state index in [1.54, 1.807) is 7.11 Å². The number of hydrogen-bond donors (Lipinski definition) is 1. The van der Waals surface area contributed by atoms with Gasteiger partial charge in [0, 0.05) is 6.54 Å². The van der Waals surface area contributed by atoms with Crippen LogP contribution in [0.3, 0.4) is 0 Å². The highest BCUT2D eigenvalue weighted by Crippen LogP contribution is 2.26. The van der Waals surface area contributed by atoms with Crippen molar-refractivity contribution in [1.29, 1.82) is 0 Å². The third kappa shape index (κ3) is 4.81. The van der Waals surface area contributed by atoms with Crippen molar-refractivity contribution < 1.29 is 19.0 Å². The van der Waals surface area contributed by atoms with E-state index in [2.05, 4.69) is 23.5 Å². The zero-order valence-corrected chi connectivity index (χ0v) is 14.4. The van der Waals surface area contributed by atoms with E-state index in [0.717, 1.165) is 28.9 Å². The minimum atomic E-state index is -0.118. The van der Waals surface area contributed by atoms with Gasteiger partial charge in [-0.25, -0.2) is 0 Å². The van der Waals surface area contributed by atoms with E-state index >= 15 is 0 Å². The first-order valence-electron chi connectivity index (χ1n) is 8.43. The molecule has 132 valence electrons. The number of ether oxygens (including phenoxy) is 3. The predicted octanol–water partition coefficient (Wildman–Crippen LogP) is 2.64. The molecule has 3 rings (SSSR count). The fraction of sp³-hybridized carbons (Fsp3) is 0.350. The molecular weight excluding hydrogens is 318 g/mol. The van der Waals surface area contributed by atoms with E-state index in [9.17, 15) is 4.79 Å². The fourth-order valence-corrected chi connectivity index (χ4v) is 2.85. The van der Waals surface area contributed by atoms with Crippen LogP contribution in [-0.4, -0.2) is 32.8 Å². The summed E-state index contributed by atoms with van der Waals surface area (Å²) in [5, 5.41) is 2.83. The van der Waals surface area contributed by atoms with Gasteiger partial charge in [0.2, 0.25) is 5.91 Å². The normalized spacial score (nSPS) is 17.2. The van der Waals surface area contributed by atoms with Gasteiger partial charge in [-0.05, 0) is 35.2 Å². The first-order valence-corrected chi connectivity index (χ1v) is 8.43. The molecule has 0 radical (unpaired) electrons. The zero-order valence-electron chi connectivity index (χ0n) is 14.4. The Labute approximate surface area is 147 Å². The Balaban J connectivity index is 1.59. The number of carbonyl (C=O) groups excluding carboxylic acids is 1. The quantitative estimate of drug-likeness (QED) is 0.787. The number of morpholine rings is 1. The summed E-state index contributed by atoms with van der Waals surface area (Å²) in [7, 11) is 1.67. The van der Waals surface area contributed by atoms with Gasteiger partial charge in [0.25, 0.3) is 0 Å². The lowest BCUT2D eigenvalue weighted by Gasteiger charge is -2.24. The molecule has 0 aromatic heterocycles. The fourth-order valence-electron chi connectivity index (χ4n) is 2.85. The largest absolute Gasteiger partial charge is 0.496 e. The molecule has 1 amide bonds. The van der Waals surface area contributed by atoms with Gasteiger partial charge in [0.05, 0.1) is 20.3 Å². The summed E-state index contributed by atoms with van der Waals surface area (Å²) in [5.41, 5.74) is 3.28. The van der Waals surface area contributed by atoms with Crippen LogP contribution >= 0.6 is 0 Å². The highest BCUT2D eigenvalue weighted by Gasteiger charge is 2.21. The second-order valence-corrected chi connectivity index (χ2v) is 5.96. The molecule has 5 nitrogen and oxygen atoms in total. The molecule has 1 N–H and O–H groups in total. The molecule has 0 aliphatic carbocycles. The van der Waals surface area contributed by atoms with Crippen LogP contribution in [0.1, 0.15) is 22.8 Å². The van der Waals surface area contributed by atoms with Crippen molar-refractivity contribution in [2.24, 2.45) is 0 Å². The number of amides is 1. The lowest BCUT2D eigenvalue weighted by molar-refractivity contribution is -0.133. The Hall–Kier alpha value is -2.37. The highest BCUT2D eigenvalue weighted by atomic mass is 16.5. The van der Waals surface area contributed by atoms with Gasteiger partial charge in [-0.2, -0.15) is 0 Å². The Kier molecular flexibility index (Phi) is 6.04. The summed E-state index contributed by atoms with van der Waals surface area (Å²) < 4.78 is 16.8. The number of hydrogen-bond acceptors (Lipinski definition) is 4. The SMILES string of the molecule is COc1ccc(C2CNC(=O)CO2)cc1CCOCc1ccccc1. The van der Waals surface area contributed by atoms with Gasteiger partial charge < -0.3 is 19.5 Å². The van der Waals surface area contributed by atoms with Crippen LogP contribution in [0.4, 0.5) is 0 Å².